The van der Waals surface area contributed by atoms with E-state index in [-0.39, 0.29) is 5.41 Å². The van der Waals surface area contributed by atoms with Gasteiger partial charge in [0, 0.05) is 24.5 Å². The lowest BCUT2D eigenvalue weighted by molar-refractivity contribution is 0.0117. The highest BCUT2D eigenvalue weighted by molar-refractivity contribution is 5.19. The number of nitrogens with zero attached hydrogens (tertiary/aromatic N) is 2. The average molecular weight is 290 g/mol. The maximum Gasteiger partial charge on any atom is 0.0853 e. The van der Waals surface area contributed by atoms with Crippen LogP contribution in [0.15, 0.2) is 30.3 Å². The molecule has 2 rings (SSSR count). The fourth-order valence-electron chi connectivity index (χ4n) is 3.35. The highest BCUT2D eigenvalue weighted by Gasteiger charge is 2.33. The zero-order chi connectivity index (χ0) is 15.5. The number of benzene rings is 1. The summed E-state index contributed by atoms with van der Waals surface area (Å²) in [6.07, 6.45) is 0.783. The molecule has 0 radical (unpaired) electrons. The normalized spacial score (nSPS) is 23.8. The molecule has 1 aromatic carbocycles. The molecule has 2 unspecified atom stereocenters. The molecule has 1 saturated heterocycles. The Kier molecular flexibility index (Phi) is 5.42. The summed E-state index contributed by atoms with van der Waals surface area (Å²) >= 11 is 0. The molecule has 1 fully saturated rings. The van der Waals surface area contributed by atoms with Gasteiger partial charge in [-0.05, 0) is 39.0 Å². The average Bonchev–Trinajstić information content (AvgIpc) is 2.60. The second-order valence-electron chi connectivity index (χ2n) is 7.24. The molecule has 0 bridgehead atoms. The summed E-state index contributed by atoms with van der Waals surface area (Å²) in [4.78, 5) is 4.95. The molecule has 0 aromatic heterocycles. The summed E-state index contributed by atoms with van der Waals surface area (Å²) in [6.45, 7) is 11.0. The van der Waals surface area contributed by atoms with Crippen LogP contribution in [0.25, 0.3) is 0 Å². The Morgan fingerprint density at radius 3 is 2.57 bits per heavy atom. The number of hydrogen-bond acceptors (Lipinski definition) is 3. The van der Waals surface area contributed by atoms with Crippen molar-refractivity contribution in [3.63, 3.8) is 0 Å². The molecular weight excluding hydrogens is 260 g/mol. The molecule has 118 valence electrons. The Bertz CT molecular complexity index is 432. The van der Waals surface area contributed by atoms with Crippen LogP contribution in [0.1, 0.15) is 38.9 Å². The van der Waals surface area contributed by atoms with E-state index in [1.165, 1.54) is 13.0 Å². The van der Waals surface area contributed by atoms with Crippen LogP contribution in [-0.4, -0.2) is 54.2 Å². The van der Waals surface area contributed by atoms with Crippen LogP contribution in [0.5, 0.6) is 0 Å². The minimum Gasteiger partial charge on any atom is -0.388 e. The van der Waals surface area contributed by atoms with E-state index in [0.29, 0.717) is 6.04 Å². The predicted octanol–water partition coefficient (Wildman–Crippen LogP) is 2.77. The Labute approximate surface area is 129 Å². The Morgan fingerprint density at radius 1 is 1.24 bits per heavy atom. The van der Waals surface area contributed by atoms with E-state index in [9.17, 15) is 5.11 Å². The van der Waals surface area contributed by atoms with Crippen molar-refractivity contribution in [2.45, 2.75) is 39.3 Å². The second kappa shape index (κ2) is 6.91. The minimum atomic E-state index is -0.424. The molecule has 1 N–H and O–H groups in total. The van der Waals surface area contributed by atoms with Crippen molar-refractivity contribution in [3.8, 4) is 0 Å². The van der Waals surface area contributed by atoms with Crippen LogP contribution in [0.3, 0.4) is 0 Å². The van der Waals surface area contributed by atoms with Gasteiger partial charge in [-0.15, -0.1) is 0 Å². The third kappa shape index (κ3) is 4.29. The van der Waals surface area contributed by atoms with Crippen LogP contribution >= 0.6 is 0 Å². The van der Waals surface area contributed by atoms with Crippen molar-refractivity contribution >= 4 is 0 Å². The van der Waals surface area contributed by atoms with E-state index in [0.717, 1.165) is 25.2 Å². The number of hydrogen-bond donors (Lipinski definition) is 1. The summed E-state index contributed by atoms with van der Waals surface area (Å²) in [7, 11) is 2.20. The lowest BCUT2D eigenvalue weighted by atomic mass is 9.82. The van der Waals surface area contributed by atoms with Crippen molar-refractivity contribution in [2.24, 2.45) is 5.41 Å². The first-order valence-electron chi connectivity index (χ1n) is 8.06. The smallest absolute Gasteiger partial charge is 0.0853 e. The Hall–Kier alpha value is -0.900. The molecule has 0 spiro atoms. The van der Waals surface area contributed by atoms with Gasteiger partial charge in [0.1, 0.15) is 0 Å². The van der Waals surface area contributed by atoms with Gasteiger partial charge in [0.25, 0.3) is 0 Å². The first kappa shape index (κ1) is 16.5. The van der Waals surface area contributed by atoms with E-state index in [1.54, 1.807) is 0 Å². The van der Waals surface area contributed by atoms with Crippen molar-refractivity contribution in [3.05, 3.63) is 35.9 Å². The van der Waals surface area contributed by atoms with Crippen LogP contribution in [-0.2, 0) is 0 Å². The highest BCUT2D eigenvalue weighted by Crippen LogP contribution is 2.34. The molecule has 1 aromatic rings. The molecule has 1 heterocycles. The van der Waals surface area contributed by atoms with Crippen molar-refractivity contribution < 1.29 is 5.11 Å². The molecule has 0 saturated carbocycles. The molecule has 1 aliphatic rings. The van der Waals surface area contributed by atoms with Gasteiger partial charge in [-0.2, -0.15) is 0 Å². The standard InChI is InChI=1S/C18H30N2O/c1-15-13-19(4)11-8-12-20(15)14-18(2,3)17(21)16-9-6-5-7-10-16/h5-7,9-10,15,17,21H,8,11-14H2,1-4H3. The van der Waals surface area contributed by atoms with E-state index in [4.69, 9.17) is 0 Å². The van der Waals surface area contributed by atoms with E-state index < -0.39 is 6.10 Å². The van der Waals surface area contributed by atoms with Crippen LogP contribution in [0.4, 0.5) is 0 Å². The highest BCUT2D eigenvalue weighted by atomic mass is 16.3. The van der Waals surface area contributed by atoms with Gasteiger partial charge in [-0.1, -0.05) is 44.2 Å². The predicted molar refractivity (Wildman–Crippen MR) is 88.3 cm³/mol. The first-order valence-corrected chi connectivity index (χ1v) is 8.06. The van der Waals surface area contributed by atoms with Crippen LogP contribution in [0, 0.1) is 5.41 Å². The lowest BCUT2D eigenvalue weighted by Crippen LogP contribution is -2.44. The largest absolute Gasteiger partial charge is 0.388 e. The van der Waals surface area contributed by atoms with Gasteiger partial charge in [-0.3, -0.25) is 4.90 Å². The van der Waals surface area contributed by atoms with Gasteiger partial charge in [-0.25, -0.2) is 0 Å². The topological polar surface area (TPSA) is 26.7 Å². The minimum absolute atomic E-state index is 0.154. The molecule has 3 nitrogen and oxygen atoms in total. The molecule has 0 aliphatic carbocycles. The maximum atomic E-state index is 10.8. The molecule has 0 amide bonds. The third-order valence-corrected chi connectivity index (χ3v) is 4.65. The van der Waals surface area contributed by atoms with Gasteiger partial charge in [0.15, 0.2) is 0 Å². The van der Waals surface area contributed by atoms with Gasteiger partial charge in [0.05, 0.1) is 6.10 Å². The van der Waals surface area contributed by atoms with Gasteiger partial charge >= 0.3 is 0 Å². The number of aliphatic hydroxyl groups is 1. The number of aliphatic hydroxyl groups excluding tert-OH is 1. The molecule has 3 heteroatoms. The van der Waals surface area contributed by atoms with Gasteiger partial charge in [0.2, 0.25) is 0 Å². The quantitative estimate of drug-likeness (QED) is 0.923. The van der Waals surface area contributed by atoms with Crippen molar-refractivity contribution in [2.75, 3.05) is 33.2 Å². The fraction of sp³-hybridized carbons (Fsp3) is 0.667. The molecule has 21 heavy (non-hydrogen) atoms. The summed E-state index contributed by atoms with van der Waals surface area (Å²) in [5, 5.41) is 10.8. The summed E-state index contributed by atoms with van der Waals surface area (Å²) < 4.78 is 0. The van der Waals surface area contributed by atoms with Crippen molar-refractivity contribution in [1.29, 1.82) is 0 Å². The lowest BCUT2D eigenvalue weighted by Gasteiger charge is -2.38. The zero-order valence-corrected chi connectivity index (χ0v) is 13.9. The SMILES string of the molecule is CC1CN(C)CCCN1CC(C)(C)C(O)c1ccccc1. The fourth-order valence-corrected chi connectivity index (χ4v) is 3.35. The summed E-state index contributed by atoms with van der Waals surface area (Å²) in [5.41, 5.74) is 0.862. The zero-order valence-electron chi connectivity index (χ0n) is 13.9. The maximum absolute atomic E-state index is 10.8. The summed E-state index contributed by atoms with van der Waals surface area (Å²) in [6, 6.07) is 10.6. The van der Waals surface area contributed by atoms with E-state index in [2.05, 4.69) is 37.6 Å². The van der Waals surface area contributed by atoms with E-state index >= 15 is 0 Å². The number of rotatable bonds is 4. The Balaban J connectivity index is 2.05. The van der Waals surface area contributed by atoms with Gasteiger partial charge < -0.3 is 10.0 Å². The number of likely N-dealkylation sites (N-methyl/N-ethyl adjacent to an activating group) is 1. The molecule has 1 aliphatic heterocycles. The van der Waals surface area contributed by atoms with Crippen LogP contribution < -0.4 is 0 Å². The van der Waals surface area contributed by atoms with E-state index in [1.807, 2.05) is 30.3 Å². The second-order valence-corrected chi connectivity index (χ2v) is 7.24. The monoisotopic (exact) mass is 290 g/mol. The molecular formula is C18H30N2O. The molecule has 2 atom stereocenters. The Morgan fingerprint density at radius 2 is 1.90 bits per heavy atom. The van der Waals surface area contributed by atoms with Crippen LogP contribution in [0.2, 0.25) is 0 Å². The summed E-state index contributed by atoms with van der Waals surface area (Å²) in [5.74, 6) is 0. The third-order valence-electron chi connectivity index (χ3n) is 4.65. The first-order chi connectivity index (χ1) is 9.90. The van der Waals surface area contributed by atoms with Crippen molar-refractivity contribution in [1.82, 2.24) is 9.80 Å².